The van der Waals surface area contributed by atoms with Crippen LogP contribution in [-0.4, -0.2) is 88.4 Å². The predicted molar refractivity (Wildman–Crippen MR) is 283 cm³/mol. The lowest BCUT2D eigenvalue weighted by atomic mass is 9.92. The summed E-state index contributed by atoms with van der Waals surface area (Å²) in [6.45, 7) is 22.1. The molecule has 3 atom stereocenters. The Kier molecular flexibility index (Phi) is 13.8. The van der Waals surface area contributed by atoms with E-state index in [1.807, 2.05) is 80.8 Å². The molecule has 0 saturated carbocycles. The van der Waals surface area contributed by atoms with Crippen molar-refractivity contribution in [2.75, 3.05) is 76.7 Å². The number of fused-ring (bicyclic) bond motifs is 9. The summed E-state index contributed by atoms with van der Waals surface area (Å²) in [5.74, 6) is 3.24. The second-order valence-electron chi connectivity index (χ2n) is 21.2. The number of aromatic hydroxyl groups is 3. The van der Waals surface area contributed by atoms with E-state index in [1.54, 1.807) is 0 Å². The van der Waals surface area contributed by atoms with Crippen LogP contribution in [-0.2, 0) is 6.61 Å². The van der Waals surface area contributed by atoms with Crippen LogP contribution in [0.1, 0.15) is 102 Å². The Hall–Kier alpha value is -4.67. The summed E-state index contributed by atoms with van der Waals surface area (Å²) in [6, 6.07) is 23.0. The quantitative estimate of drug-likeness (QED) is 0.0850. The van der Waals surface area contributed by atoms with Gasteiger partial charge in [0.05, 0.1) is 6.61 Å². The van der Waals surface area contributed by atoms with Gasteiger partial charge >= 0.3 is 0 Å². The van der Waals surface area contributed by atoms with E-state index in [0.29, 0.717) is 29.1 Å². The molecule has 0 amide bonds. The molecule has 0 radical (unpaired) electrons. The number of hydrogen-bond donors (Lipinski definition) is 5. The van der Waals surface area contributed by atoms with Gasteiger partial charge in [0.25, 0.3) is 0 Å². The van der Waals surface area contributed by atoms with Gasteiger partial charge in [0.2, 0.25) is 0 Å². The van der Waals surface area contributed by atoms with Crippen molar-refractivity contribution in [3.63, 3.8) is 0 Å². The van der Waals surface area contributed by atoms with Crippen molar-refractivity contribution >= 4 is 95.6 Å². The molecule has 354 valence electrons. The molecule has 9 rings (SSSR count). The third-order valence-electron chi connectivity index (χ3n) is 13.5. The summed E-state index contributed by atoms with van der Waals surface area (Å²) in [6.07, 6.45) is 0. The van der Waals surface area contributed by atoms with E-state index in [9.17, 15) is 20.4 Å². The number of benzene rings is 6. The highest BCUT2D eigenvalue weighted by Gasteiger charge is 2.39. The smallest absolute Gasteiger partial charge is 0.125 e. The van der Waals surface area contributed by atoms with Gasteiger partial charge in [-0.05, 0) is 102 Å². The molecule has 0 aromatic heterocycles. The van der Waals surface area contributed by atoms with E-state index in [-0.39, 0.29) is 52.5 Å². The zero-order chi connectivity index (χ0) is 48.4. The van der Waals surface area contributed by atoms with Crippen LogP contribution in [0.5, 0.6) is 17.2 Å². The number of aliphatic hydroxyl groups is 1. The van der Waals surface area contributed by atoms with Crippen LogP contribution in [0.15, 0.2) is 72.8 Å². The Morgan fingerprint density at radius 3 is 1.27 bits per heavy atom. The number of nitrogen functional groups attached to an aromatic ring is 1. The second-order valence-corrected chi connectivity index (χ2v) is 22.2. The van der Waals surface area contributed by atoms with Crippen molar-refractivity contribution in [2.24, 2.45) is 0 Å². The number of rotatable bonds is 5. The lowest BCUT2D eigenvalue weighted by molar-refractivity contribution is 0.283. The third kappa shape index (κ3) is 8.81. The highest BCUT2D eigenvalue weighted by atomic mass is 35.5. The number of aliphatic hydroxyl groups excluding tert-OH is 1. The monoisotopic (exact) mass is 955 g/mol. The molecule has 0 bridgehead atoms. The van der Waals surface area contributed by atoms with Gasteiger partial charge in [-0.1, -0.05) is 42.5 Å². The number of nitrogens with two attached hydrogens (primary N) is 1. The minimum absolute atomic E-state index is 0.0112. The van der Waals surface area contributed by atoms with Gasteiger partial charge in [0, 0.05) is 159 Å². The standard InChI is InChI=1S/C19H25ClN2O.C18H22ClNO2.C17H21ClN2O/c1-19(2,3)22-11-12(10-20)17-15(22)9-16(23)13-7-6-8-14(18(13)17)21(4)5;1-18(2,3)20-9-12(8-19)17-14(20)7-15(22)13-6-4-5-11(10-21)16(13)17;1-17(2,3)20-9-10(8-18)15-13(20)7-14(21)11-5-4-6-12(19)16(11)15/h6-9,12,23H,10-11H2,1-5H3;4-7,12,21-22H,8-10H2,1-3H3;4-7,10,21H,8-9,19H2,1-3H3/t2*12-;10-/m111/s1. The van der Waals surface area contributed by atoms with Crippen molar-refractivity contribution in [3.05, 3.63) is 95.1 Å². The van der Waals surface area contributed by atoms with Gasteiger partial charge in [0.15, 0.2) is 0 Å². The maximum absolute atomic E-state index is 10.6. The van der Waals surface area contributed by atoms with E-state index in [0.717, 1.165) is 85.8 Å². The molecule has 0 unspecified atom stereocenters. The summed E-state index contributed by atoms with van der Waals surface area (Å²) in [5, 5.41) is 46.7. The van der Waals surface area contributed by atoms with Crippen LogP contribution in [0.2, 0.25) is 0 Å². The fourth-order valence-electron chi connectivity index (χ4n) is 10.4. The topological polar surface area (TPSA) is 120 Å². The van der Waals surface area contributed by atoms with Crippen LogP contribution in [0.4, 0.5) is 28.4 Å². The van der Waals surface area contributed by atoms with E-state index in [1.165, 1.54) is 11.1 Å². The van der Waals surface area contributed by atoms with Crippen LogP contribution >= 0.6 is 34.8 Å². The molecule has 0 saturated heterocycles. The minimum atomic E-state index is -0.0518. The first kappa shape index (κ1) is 49.2. The number of halogens is 3. The maximum Gasteiger partial charge on any atom is 0.125 e. The SMILES string of the molecule is CC(C)(C)N1C[C@@H](CCl)c2c1cc(O)c1cccc(CO)c21.CC(C)(C)N1C[C@@H](CCl)c2c1cc(O)c1cccc(N)c21.CN(C)c1cccc2c(O)cc3c(c12)[C@H](CCl)CN3C(C)(C)C. The summed E-state index contributed by atoms with van der Waals surface area (Å²) in [7, 11) is 4.08. The van der Waals surface area contributed by atoms with Gasteiger partial charge in [-0.15, -0.1) is 34.8 Å². The molecule has 9 nitrogen and oxygen atoms in total. The van der Waals surface area contributed by atoms with E-state index in [4.69, 9.17) is 40.5 Å². The molecule has 6 aromatic carbocycles. The van der Waals surface area contributed by atoms with Crippen LogP contribution in [0.3, 0.4) is 0 Å². The van der Waals surface area contributed by atoms with E-state index >= 15 is 0 Å². The summed E-state index contributed by atoms with van der Waals surface area (Å²) < 4.78 is 0. The van der Waals surface area contributed by atoms with Crippen LogP contribution in [0.25, 0.3) is 32.3 Å². The molecule has 0 spiro atoms. The first-order chi connectivity index (χ1) is 31.0. The van der Waals surface area contributed by atoms with Gasteiger partial charge in [0.1, 0.15) is 17.2 Å². The lowest BCUT2D eigenvalue weighted by Gasteiger charge is -2.35. The number of anilines is 5. The Morgan fingerprint density at radius 2 is 0.894 bits per heavy atom. The summed E-state index contributed by atoms with van der Waals surface area (Å²) in [5.41, 5.74) is 15.6. The molecule has 6 aromatic rings. The lowest BCUT2D eigenvalue weighted by Crippen LogP contribution is -2.40. The highest BCUT2D eigenvalue weighted by molar-refractivity contribution is 6.20. The van der Waals surface area contributed by atoms with Gasteiger partial charge in [-0.3, -0.25) is 0 Å². The zero-order valence-corrected chi connectivity index (χ0v) is 42.7. The Labute approximate surface area is 406 Å². The fraction of sp³-hybridized carbons (Fsp3) is 0.444. The normalized spacial score (nSPS) is 18.0. The molecule has 12 heteroatoms. The Morgan fingerprint density at radius 1 is 0.545 bits per heavy atom. The van der Waals surface area contributed by atoms with E-state index in [2.05, 4.69) is 88.0 Å². The number of alkyl halides is 3. The second kappa shape index (κ2) is 18.4. The number of hydrogen-bond acceptors (Lipinski definition) is 9. The molecule has 66 heavy (non-hydrogen) atoms. The molecule has 3 aliphatic heterocycles. The first-order valence-corrected chi connectivity index (χ1v) is 24.5. The molecule has 3 heterocycles. The largest absolute Gasteiger partial charge is 0.507 e. The van der Waals surface area contributed by atoms with Crippen LogP contribution in [0, 0.1) is 0 Å². The number of nitrogens with zero attached hydrogens (tertiary/aromatic N) is 4. The third-order valence-corrected chi connectivity index (χ3v) is 14.6. The Bertz CT molecular complexity index is 2780. The first-order valence-electron chi connectivity index (χ1n) is 22.9. The molecular formula is C54H68Cl3N5O4. The van der Waals surface area contributed by atoms with Crippen molar-refractivity contribution in [1.82, 2.24) is 0 Å². The van der Waals surface area contributed by atoms with Gasteiger partial charge in [-0.25, -0.2) is 0 Å². The highest BCUT2D eigenvalue weighted by Crippen LogP contribution is 2.52. The van der Waals surface area contributed by atoms with E-state index < -0.39 is 0 Å². The Balaban J connectivity index is 0.000000147. The molecule has 0 aliphatic carbocycles. The molecule has 0 fully saturated rings. The average molecular weight is 958 g/mol. The molecule has 3 aliphatic rings. The summed E-state index contributed by atoms with van der Waals surface area (Å²) in [4.78, 5) is 9.07. The van der Waals surface area contributed by atoms with Gasteiger partial charge in [-0.2, -0.15) is 0 Å². The minimum Gasteiger partial charge on any atom is -0.507 e. The maximum atomic E-state index is 10.6. The van der Waals surface area contributed by atoms with Crippen LogP contribution < -0.4 is 25.3 Å². The number of phenolic OH excluding ortho intramolecular Hbond substituents is 3. The zero-order valence-electron chi connectivity index (χ0n) is 40.4. The molecular weight excluding hydrogens is 889 g/mol. The van der Waals surface area contributed by atoms with Crippen molar-refractivity contribution in [1.29, 1.82) is 0 Å². The summed E-state index contributed by atoms with van der Waals surface area (Å²) >= 11 is 18.8. The average Bonchev–Trinajstić information content (AvgIpc) is 3.95. The van der Waals surface area contributed by atoms with Crippen molar-refractivity contribution < 1.29 is 20.4 Å². The van der Waals surface area contributed by atoms with Crippen molar-refractivity contribution in [2.45, 2.75) is 103 Å². The van der Waals surface area contributed by atoms with Gasteiger partial charge < -0.3 is 45.8 Å². The predicted octanol–water partition coefficient (Wildman–Crippen LogP) is 12.6. The number of phenols is 3. The molecule has 6 N–H and O–H groups in total. The fourth-order valence-corrected chi connectivity index (χ4v) is 11.2. The van der Waals surface area contributed by atoms with Crippen molar-refractivity contribution in [3.8, 4) is 17.2 Å².